The summed E-state index contributed by atoms with van der Waals surface area (Å²) in [4.78, 5) is 0. The largest absolute Gasteiger partial charge is 0.351 e. The van der Waals surface area contributed by atoms with E-state index in [1.165, 1.54) is 0 Å². The number of hydrogen-bond donors (Lipinski definition) is 1. The van der Waals surface area contributed by atoms with Gasteiger partial charge in [-0.15, -0.1) is 11.6 Å². The van der Waals surface area contributed by atoms with Gasteiger partial charge in [0.1, 0.15) is 0 Å². The van der Waals surface area contributed by atoms with Crippen molar-refractivity contribution in [2.75, 3.05) is 11.9 Å². The van der Waals surface area contributed by atoms with Gasteiger partial charge in [0.2, 0.25) is 5.95 Å². The molecular formula is C12H16ClN5. The lowest BCUT2D eigenvalue weighted by Gasteiger charge is -2.10. The molecule has 2 rings (SSSR count). The number of nitrogens with zero attached hydrogens (tertiary/aromatic N) is 4. The highest BCUT2D eigenvalue weighted by Gasteiger charge is 2.09. The lowest BCUT2D eigenvalue weighted by Crippen LogP contribution is -2.16. The van der Waals surface area contributed by atoms with Crippen molar-refractivity contribution < 1.29 is 0 Å². The molecule has 18 heavy (non-hydrogen) atoms. The maximum Gasteiger partial charge on any atom is 0.247 e. The molecule has 0 aliphatic heterocycles. The molecule has 2 aromatic rings. The van der Waals surface area contributed by atoms with E-state index >= 15 is 0 Å². The molecular weight excluding hydrogens is 250 g/mol. The Morgan fingerprint density at radius 2 is 2.11 bits per heavy atom. The predicted octanol–water partition coefficient (Wildman–Crippen LogP) is 2.48. The zero-order valence-corrected chi connectivity index (χ0v) is 11.0. The molecule has 5 nitrogen and oxygen atoms in total. The number of alkyl halides is 1. The third-order valence-corrected chi connectivity index (χ3v) is 2.93. The predicted molar refractivity (Wildman–Crippen MR) is 72.2 cm³/mol. The summed E-state index contributed by atoms with van der Waals surface area (Å²) in [6.45, 7) is 2.77. The van der Waals surface area contributed by atoms with E-state index in [9.17, 15) is 0 Å². The van der Waals surface area contributed by atoms with Crippen LogP contribution in [0, 0.1) is 0 Å². The molecule has 0 aliphatic carbocycles. The first-order valence-electron chi connectivity index (χ1n) is 6.03. The van der Waals surface area contributed by atoms with Crippen molar-refractivity contribution in [3.05, 3.63) is 30.3 Å². The number of hydrogen-bond acceptors (Lipinski definition) is 4. The van der Waals surface area contributed by atoms with Crippen LogP contribution >= 0.6 is 11.6 Å². The fourth-order valence-electron chi connectivity index (χ4n) is 1.66. The molecule has 1 aromatic carbocycles. The number of tetrazole rings is 1. The molecule has 0 spiro atoms. The Morgan fingerprint density at radius 3 is 2.83 bits per heavy atom. The highest BCUT2D eigenvalue weighted by molar-refractivity contribution is 6.20. The monoisotopic (exact) mass is 265 g/mol. The van der Waals surface area contributed by atoms with E-state index < -0.39 is 0 Å². The Labute approximate surface area is 111 Å². The second-order valence-electron chi connectivity index (χ2n) is 4.02. The first-order chi connectivity index (χ1) is 8.81. The molecule has 0 saturated heterocycles. The minimum atomic E-state index is 0.0934. The molecule has 1 atom stereocenters. The first kappa shape index (κ1) is 12.8. The van der Waals surface area contributed by atoms with Crippen LogP contribution < -0.4 is 5.32 Å². The number of nitrogens with one attached hydrogen (secondary N) is 1. The lowest BCUT2D eigenvalue weighted by molar-refractivity contribution is 0.743. The maximum atomic E-state index is 6.16. The Kier molecular flexibility index (Phi) is 4.52. The van der Waals surface area contributed by atoms with Crippen LogP contribution in [0.15, 0.2) is 30.3 Å². The number of benzene rings is 1. The van der Waals surface area contributed by atoms with Crippen molar-refractivity contribution >= 4 is 17.5 Å². The molecule has 0 radical (unpaired) electrons. The van der Waals surface area contributed by atoms with Crippen molar-refractivity contribution in [3.8, 4) is 5.69 Å². The van der Waals surface area contributed by atoms with E-state index in [4.69, 9.17) is 11.6 Å². The van der Waals surface area contributed by atoms with Gasteiger partial charge in [0.25, 0.3) is 0 Å². The molecule has 1 N–H and O–H groups in total. The number of para-hydroxylation sites is 1. The van der Waals surface area contributed by atoms with Crippen LogP contribution in [0.4, 0.5) is 5.95 Å². The van der Waals surface area contributed by atoms with E-state index in [1.54, 1.807) is 4.68 Å². The summed E-state index contributed by atoms with van der Waals surface area (Å²) in [7, 11) is 0. The topological polar surface area (TPSA) is 55.6 Å². The van der Waals surface area contributed by atoms with Crippen LogP contribution in [0.5, 0.6) is 0 Å². The fourth-order valence-corrected chi connectivity index (χ4v) is 1.95. The summed E-state index contributed by atoms with van der Waals surface area (Å²) in [5.41, 5.74) is 0.923. The van der Waals surface area contributed by atoms with Crippen molar-refractivity contribution in [2.45, 2.75) is 25.1 Å². The molecule has 0 fully saturated rings. The standard InChI is InChI=1S/C12H16ClN5/c1-2-6-10(13)9-14-12-15-16-17-18(12)11-7-4-3-5-8-11/h3-5,7-8,10H,2,6,9H2,1H3,(H,14,15,17). The second kappa shape index (κ2) is 6.35. The van der Waals surface area contributed by atoms with Gasteiger partial charge in [0, 0.05) is 6.54 Å². The Balaban J connectivity index is 2.05. The highest BCUT2D eigenvalue weighted by Crippen LogP contribution is 2.12. The molecule has 1 unspecified atom stereocenters. The van der Waals surface area contributed by atoms with Crippen LogP contribution in [0.3, 0.4) is 0 Å². The minimum Gasteiger partial charge on any atom is -0.351 e. The molecule has 96 valence electrons. The molecule has 0 amide bonds. The van der Waals surface area contributed by atoms with Gasteiger partial charge in [0.15, 0.2) is 0 Å². The molecule has 1 heterocycles. The number of halogens is 1. The average molecular weight is 266 g/mol. The molecule has 0 bridgehead atoms. The van der Waals surface area contributed by atoms with Gasteiger partial charge in [-0.1, -0.05) is 36.6 Å². The van der Waals surface area contributed by atoms with Crippen LogP contribution in [-0.2, 0) is 0 Å². The summed E-state index contributed by atoms with van der Waals surface area (Å²) in [6, 6.07) is 9.75. The van der Waals surface area contributed by atoms with Crippen LogP contribution in [-0.4, -0.2) is 32.1 Å². The normalized spacial score (nSPS) is 12.3. The SMILES string of the molecule is CCCC(Cl)CNc1nnnn1-c1ccccc1. The Bertz CT molecular complexity index is 470. The van der Waals surface area contributed by atoms with Crippen LogP contribution in [0.25, 0.3) is 5.69 Å². The van der Waals surface area contributed by atoms with Crippen LogP contribution in [0.1, 0.15) is 19.8 Å². The zero-order chi connectivity index (χ0) is 12.8. The maximum absolute atomic E-state index is 6.16. The summed E-state index contributed by atoms with van der Waals surface area (Å²) < 4.78 is 1.66. The van der Waals surface area contributed by atoms with E-state index in [1.807, 2.05) is 30.3 Å². The van der Waals surface area contributed by atoms with E-state index in [-0.39, 0.29) is 5.38 Å². The molecule has 6 heteroatoms. The summed E-state index contributed by atoms with van der Waals surface area (Å²) in [5, 5.41) is 14.9. The second-order valence-corrected chi connectivity index (χ2v) is 4.63. The van der Waals surface area contributed by atoms with E-state index in [0.717, 1.165) is 18.5 Å². The third kappa shape index (κ3) is 3.20. The minimum absolute atomic E-state index is 0.0934. The quantitative estimate of drug-likeness (QED) is 0.816. The van der Waals surface area contributed by atoms with Gasteiger partial charge in [-0.25, -0.2) is 0 Å². The number of rotatable bonds is 6. The first-order valence-corrected chi connectivity index (χ1v) is 6.46. The summed E-state index contributed by atoms with van der Waals surface area (Å²) >= 11 is 6.16. The average Bonchev–Trinajstić information content (AvgIpc) is 2.86. The van der Waals surface area contributed by atoms with E-state index in [2.05, 4.69) is 27.8 Å². The van der Waals surface area contributed by atoms with E-state index in [0.29, 0.717) is 12.5 Å². The van der Waals surface area contributed by atoms with Gasteiger partial charge in [-0.2, -0.15) is 4.68 Å². The van der Waals surface area contributed by atoms with Crippen molar-refractivity contribution in [2.24, 2.45) is 0 Å². The number of aromatic nitrogens is 4. The van der Waals surface area contributed by atoms with Crippen LogP contribution in [0.2, 0.25) is 0 Å². The highest BCUT2D eigenvalue weighted by atomic mass is 35.5. The molecule has 1 aromatic heterocycles. The molecule has 0 saturated carbocycles. The number of anilines is 1. The van der Waals surface area contributed by atoms with Gasteiger partial charge in [-0.05, 0) is 29.0 Å². The smallest absolute Gasteiger partial charge is 0.247 e. The molecule has 0 aliphatic rings. The van der Waals surface area contributed by atoms with Gasteiger partial charge < -0.3 is 5.32 Å². The lowest BCUT2D eigenvalue weighted by atomic mass is 10.2. The van der Waals surface area contributed by atoms with Crippen molar-refractivity contribution in [1.29, 1.82) is 0 Å². The fraction of sp³-hybridized carbons (Fsp3) is 0.417. The third-order valence-electron chi connectivity index (χ3n) is 2.55. The van der Waals surface area contributed by atoms with Gasteiger partial charge >= 0.3 is 0 Å². The Hall–Kier alpha value is -1.62. The van der Waals surface area contributed by atoms with Gasteiger partial charge in [0.05, 0.1) is 11.1 Å². The van der Waals surface area contributed by atoms with Crippen molar-refractivity contribution in [3.63, 3.8) is 0 Å². The van der Waals surface area contributed by atoms with Crippen molar-refractivity contribution in [1.82, 2.24) is 20.2 Å². The summed E-state index contributed by atoms with van der Waals surface area (Å²) in [6.07, 6.45) is 2.04. The zero-order valence-electron chi connectivity index (χ0n) is 10.3. The Morgan fingerprint density at radius 1 is 1.33 bits per heavy atom. The van der Waals surface area contributed by atoms with Gasteiger partial charge in [-0.3, -0.25) is 0 Å². The summed E-state index contributed by atoms with van der Waals surface area (Å²) in [5.74, 6) is 0.614.